The van der Waals surface area contributed by atoms with Gasteiger partial charge in [0.25, 0.3) is 6.01 Å². The van der Waals surface area contributed by atoms with Gasteiger partial charge in [0.2, 0.25) is 5.91 Å². The van der Waals surface area contributed by atoms with E-state index in [1.54, 1.807) is 23.1 Å². The largest absolute Gasteiger partial charge is 0.423 e. The highest BCUT2D eigenvalue weighted by Gasteiger charge is 2.15. The molecule has 6 heteroatoms. The van der Waals surface area contributed by atoms with E-state index in [4.69, 9.17) is 4.42 Å². The summed E-state index contributed by atoms with van der Waals surface area (Å²) >= 11 is 0. The van der Waals surface area contributed by atoms with Crippen molar-refractivity contribution in [3.05, 3.63) is 18.2 Å². The average molecular weight is 291 g/mol. The fourth-order valence-electron chi connectivity index (χ4n) is 1.82. The Morgan fingerprint density at radius 1 is 1.43 bits per heavy atom. The number of rotatable bonds is 5. The minimum absolute atomic E-state index is 0.0522. The summed E-state index contributed by atoms with van der Waals surface area (Å²) in [5.41, 5.74) is 1.99. The molecule has 1 heterocycles. The number of hydrogen-bond acceptors (Lipinski definition) is 5. The van der Waals surface area contributed by atoms with Crippen LogP contribution in [-0.4, -0.2) is 36.2 Å². The molecule has 1 amide bonds. The Morgan fingerprint density at radius 2 is 2.14 bits per heavy atom. The fraction of sp³-hybridized carbons (Fsp3) is 0.467. The molecule has 1 unspecified atom stereocenters. The number of carbonyl (C=O) groups excluding carboxylic acids is 1. The molecule has 0 aliphatic carbocycles. The third-order valence-corrected chi connectivity index (χ3v) is 3.21. The molecule has 2 rings (SSSR count). The molecule has 2 aromatic rings. The van der Waals surface area contributed by atoms with Crippen LogP contribution in [0.4, 0.5) is 11.7 Å². The number of hydrogen-bond donors (Lipinski definition) is 2. The van der Waals surface area contributed by atoms with Gasteiger partial charge in [-0.3, -0.25) is 4.79 Å². The van der Waals surface area contributed by atoms with Crippen LogP contribution in [-0.2, 0) is 4.79 Å². The molecule has 21 heavy (non-hydrogen) atoms. The second-order valence-electron chi connectivity index (χ2n) is 5.64. The minimum Gasteiger partial charge on any atom is -0.423 e. The smallest absolute Gasteiger partial charge is 0.297 e. The lowest BCUT2D eigenvalue weighted by Gasteiger charge is -2.13. The molecule has 114 valence electrons. The van der Waals surface area contributed by atoms with Gasteiger partial charge in [-0.25, -0.2) is 0 Å². The monoisotopic (exact) mass is 291 g/mol. The lowest BCUT2D eigenvalue weighted by molar-refractivity contribution is -0.118. The molecule has 2 N–H and O–H groups in total. The number of aromatic nitrogens is 1. The van der Waals surface area contributed by atoms with Gasteiger partial charge in [-0.1, -0.05) is 13.8 Å². The van der Waals surface area contributed by atoms with Gasteiger partial charge >= 0.3 is 0 Å². The van der Waals surface area contributed by atoms with E-state index in [1.807, 2.05) is 27.9 Å². The molecule has 6 nitrogen and oxygen atoms in total. The zero-order valence-electron chi connectivity index (χ0n) is 12.8. The number of carbonyl (C=O) groups is 1. The summed E-state index contributed by atoms with van der Waals surface area (Å²) in [5.74, 6) is -0.164. The average Bonchev–Trinajstić information content (AvgIpc) is 2.81. The first kappa shape index (κ1) is 15.3. The summed E-state index contributed by atoms with van der Waals surface area (Å²) in [5, 5.41) is 12.5. The number of aliphatic hydroxyl groups is 1. The highest BCUT2D eigenvalue weighted by atomic mass is 16.4. The lowest BCUT2D eigenvalue weighted by Crippen LogP contribution is -2.23. The van der Waals surface area contributed by atoms with Gasteiger partial charge in [0, 0.05) is 19.8 Å². The second-order valence-corrected chi connectivity index (χ2v) is 5.64. The number of oxazole rings is 1. The maximum Gasteiger partial charge on any atom is 0.297 e. The number of amides is 1. The molecule has 0 fully saturated rings. The van der Waals surface area contributed by atoms with Crippen molar-refractivity contribution < 1.29 is 14.3 Å². The molecule has 0 spiro atoms. The van der Waals surface area contributed by atoms with Crippen LogP contribution in [0.15, 0.2) is 22.6 Å². The van der Waals surface area contributed by atoms with Crippen LogP contribution < -0.4 is 10.2 Å². The predicted molar refractivity (Wildman–Crippen MR) is 82.4 cm³/mol. The van der Waals surface area contributed by atoms with Crippen LogP contribution in [0, 0.1) is 5.92 Å². The normalized spacial score (nSPS) is 12.7. The summed E-state index contributed by atoms with van der Waals surface area (Å²) < 4.78 is 5.55. The maximum atomic E-state index is 11.9. The summed E-state index contributed by atoms with van der Waals surface area (Å²) in [4.78, 5) is 18.0. The van der Waals surface area contributed by atoms with Crippen LogP contribution in [0.25, 0.3) is 11.1 Å². The van der Waals surface area contributed by atoms with Crippen LogP contribution in [0.3, 0.4) is 0 Å². The summed E-state index contributed by atoms with van der Waals surface area (Å²) in [6, 6.07) is 5.80. The molecule has 1 aromatic heterocycles. The Hall–Kier alpha value is -2.08. The number of anilines is 2. The Bertz CT molecular complexity index is 634. The van der Waals surface area contributed by atoms with E-state index in [0.717, 1.165) is 0 Å². The molecule has 0 bridgehead atoms. The van der Waals surface area contributed by atoms with Gasteiger partial charge in [-0.15, -0.1) is 0 Å². The van der Waals surface area contributed by atoms with Crippen LogP contribution >= 0.6 is 0 Å². The highest BCUT2D eigenvalue weighted by Crippen LogP contribution is 2.23. The van der Waals surface area contributed by atoms with Crippen molar-refractivity contribution in [2.75, 3.05) is 24.3 Å². The predicted octanol–water partition coefficient (Wildman–Crippen LogP) is 2.24. The van der Waals surface area contributed by atoms with Crippen molar-refractivity contribution >= 4 is 28.7 Å². The Morgan fingerprint density at radius 3 is 2.76 bits per heavy atom. The lowest BCUT2D eigenvalue weighted by atomic mass is 10.0. The standard InChI is InChI=1S/C15H21N3O3/c1-9(2)12(19)8-14(20)16-10-5-6-13-11(7-10)17-15(21-13)18(3)4/h5-7,9,12,19H,8H2,1-4H3,(H,16,20). The number of fused-ring (bicyclic) bond motifs is 1. The number of benzene rings is 1. The van der Waals surface area contributed by atoms with Gasteiger partial charge < -0.3 is 19.7 Å². The molecule has 0 saturated heterocycles. The summed E-state index contributed by atoms with van der Waals surface area (Å²) in [6.45, 7) is 3.75. The van der Waals surface area contributed by atoms with E-state index in [0.29, 0.717) is 22.8 Å². The van der Waals surface area contributed by atoms with Crippen LogP contribution in [0.2, 0.25) is 0 Å². The summed E-state index contributed by atoms with van der Waals surface area (Å²) in [6.07, 6.45) is -0.557. The zero-order valence-corrected chi connectivity index (χ0v) is 12.8. The molecule has 0 aliphatic rings. The Balaban J connectivity index is 2.10. The van der Waals surface area contributed by atoms with Crippen LogP contribution in [0.1, 0.15) is 20.3 Å². The van der Waals surface area contributed by atoms with Gasteiger partial charge in [-0.05, 0) is 24.1 Å². The third kappa shape index (κ3) is 3.72. The van der Waals surface area contributed by atoms with Crippen molar-refractivity contribution in [3.8, 4) is 0 Å². The van der Waals surface area contributed by atoms with Crippen molar-refractivity contribution in [1.29, 1.82) is 0 Å². The molecule has 1 aromatic carbocycles. The first-order chi connectivity index (χ1) is 9.86. The Kier molecular flexibility index (Phi) is 4.47. The number of nitrogens with one attached hydrogen (secondary N) is 1. The van der Waals surface area contributed by atoms with E-state index in [-0.39, 0.29) is 18.2 Å². The molecular formula is C15H21N3O3. The molecule has 1 atom stereocenters. The van der Waals surface area contributed by atoms with Gasteiger partial charge in [0.05, 0.1) is 12.5 Å². The molecule has 0 saturated carbocycles. The SMILES string of the molecule is CC(C)C(O)CC(=O)Nc1ccc2oc(N(C)C)nc2c1. The second kappa shape index (κ2) is 6.13. The molecular weight excluding hydrogens is 270 g/mol. The van der Waals surface area contributed by atoms with Crippen LogP contribution in [0.5, 0.6) is 0 Å². The zero-order chi connectivity index (χ0) is 15.6. The Labute approximate surface area is 123 Å². The fourth-order valence-corrected chi connectivity index (χ4v) is 1.82. The van der Waals surface area contributed by atoms with Gasteiger partial charge in [-0.2, -0.15) is 4.98 Å². The highest BCUT2D eigenvalue weighted by molar-refractivity contribution is 5.93. The summed E-state index contributed by atoms with van der Waals surface area (Å²) in [7, 11) is 3.70. The number of aliphatic hydroxyl groups excluding tert-OH is 1. The third-order valence-electron chi connectivity index (χ3n) is 3.21. The van der Waals surface area contributed by atoms with E-state index in [1.165, 1.54) is 0 Å². The quantitative estimate of drug-likeness (QED) is 0.883. The van der Waals surface area contributed by atoms with Crippen molar-refractivity contribution in [2.24, 2.45) is 5.92 Å². The maximum absolute atomic E-state index is 11.9. The van der Waals surface area contributed by atoms with Crippen molar-refractivity contribution in [1.82, 2.24) is 4.98 Å². The van der Waals surface area contributed by atoms with Crippen molar-refractivity contribution in [2.45, 2.75) is 26.4 Å². The topological polar surface area (TPSA) is 78.6 Å². The minimum atomic E-state index is -0.638. The number of nitrogens with zero attached hydrogens (tertiary/aromatic N) is 2. The van der Waals surface area contributed by atoms with Gasteiger partial charge in [0.1, 0.15) is 5.52 Å². The van der Waals surface area contributed by atoms with E-state index < -0.39 is 6.10 Å². The van der Waals surface area contributed by atoms with Gasteiger partial charge in [0.15, 0.2) is 5.58 Å². The molecule has 0 aliphatic heterocycles. The van der Waals surface area contributed by atoms with E-state index in [2.05, 4.69) is 10.3 Å². The van der Waals surface area contributed by atoms with E-state index in [9.17, 15) is 9.90 Å². The molecule has 0 radical (unpaired) electrons. The van der Waals surface area contributed by atoms with E-state index >= 15 is 0 Å². The first-order valence-corrected chi connectivity index (χ1v) is 6.92. The first-order valence-electron chi connectivity index (χ1n) is 6.92. The van der Waals surface area contributed by atoms with Crippen molar-refractivity contribution in [3.63, 3.8) is 0 Å².